The highest BCUT2D eigenvalue weighted by Gasteiger charge is 2.33. The van der Waals surface area contributed by atoms with Crippen molar-refractivity contribution in [2.75, 3.05) is 11.5 Å². The van der Waals surface area contributed by atoms with Gasteiger partial charge in [0, 0.05) is 0 Å². The van der Waals surface area contributed by atoms with E-state index in [0.717, 1.165) is 12.8 Å². The maximum absolute atomic E-state index is 9.41. The predicted octanol–water partition coefficient (Wildman–Crippen LogP) is 2.68. The van der Waals surface area contributed by atoms with Gasteiger partial charge in [0.05, 0.1) is 6.10 Å². The van der Waals surface area contributed by atoms with Crippen molar-refractivity contribution in [1.82, 2.24) is 0 Å². The van der Waals surface area contributed by atoms with Gasteiger partial charge in [-0.05, 0) is 42.6 Å². The topological polar surface area (TPSA) is 20.2 Å². The molecule has 1 N–H and O–H groups in total. The number of aliphatic hydroxyl groups excluding tert-OH is 1. The van der Waals surface area contributed by atoms with E-state index in [9.17, 15) is 5.11 Å². The van der Waals surface area contributed by atoms with Gasteiger partial charge < -0.3 is 5.11 Å². The molecule has 0 heterocycles. The first-order valence-electron chi connectivity index (χ1n) is 4.92. The van der Waals surface area contributed by atoms with Crippen molar-refractivity contribution in [1.29, 1.82) is 0 Å². The van der Waals surface area contributed by atoms with E-state index in [1.54, 1.807) is 0 Å². The minimum atomic E-state index is -0.0124. The van der Waals surface area contributed by atoms with Gasteiger partial charge in [-0.15, -0.1) is 0 Å². The fourth-order valence-electron chi connectivity index (χ4n) is 1.98. The first-order valence-corrected chi connectivity index (χ1v) is 6.07. The number of hydrogen-bond donors (Lipinski definition) is 1. The smallest absolute Gasteiger partial charge is 0.0545 e. The zero-order valence-electron chi connectivity index (χ0n) is 8.18. The molecule has 2 heteroatoms. The van der Waals surface area contributed by atoms with Crippen LogP contribution in [0.4, 0.5) is 0 Å². The average Bonchev–Trinajstić information content (AvgIpc) is 2.32. The van der Waals surface area contributed by atoms with Crippen molar-refractivity contribution in [3.05, 3.63) is 0 Å². The average molecular weight is 188 g/mol. The molecule has 1 nitrogen and oxygen atoms in total. The summed E-state index contributed by atoms with van der Waals surface area (Å²) >= 11 is 2.01. The SMILES string of the molecule is CCSCCC1(C)CCC(O)C1. The molecule has 12 heavy (non-hydrogen) atoms. The summed E-state index contributed by atoms with van der Waals surface area (Å²) in [5, 5.41) is 9.41. The summed E-state index contributed by atoms with van der Waals surface area (Å²) in [6.45, 7) is 4.52. The quantitative estimate of drug-likeness (QED) is 0.684. The molecule has 0 aromatic heterocycles. The van der Waals surface area contributed by atoms with Crippen LogP contribution in [0.3, 0.4) is 0 Å². The Morgan fingerprint density at radius 1 is 1.58 bits per heavy atom. The van der Waals surface area contributed by atoms with Crippen molar-refractivity contribution < 1.29 is 5.11 Å². The highest BCUT2D eigenvalue weighted by molar-refractivity contribution is 7.99. The fraction of sp³-hybridized carbons (Fsp3) is 1.00. The molecule has 0 amide bonds. The van der Waals surface area contributed by atoms with Gasteiger partial charge in [0.25, 0.3) is 0 Å². The summed E-state index contributed by atoms with van der Waals surface area (Å²) in [5.41, 5.74) is 0.446. The van der Waals surface area contributed by atoms with Crippen molar-refractivity contribution in [3.8, 4) is 0 Å². The third-order valence-electron chi connectivity index (χ3n) is 2.86. The van der Waals surface area contributed by atoms with E-state index in [1.807, 2.05) is 11.8 Å². The molecule has 0 bridgehead atoms. The summed E-state index contributed by atoms with van der Waals surface area (Å²) in [6.07, 6.45) is 4.53. The molecule has 72 valence electrons. The van der Waals surface area contributed by atoms with Crippen molar-refractivity contribution in [3.63, 3.8) is 0 Å². The second kappa shape index (κ2) is 4.52. The molecule has 2 atom stereocenters. The molecule has 1 rings (SSSR count). The standard InChI is InChI=1S/C10H20OS/c1-3-12-7-6-10(2)5-4-9(11)8-10/h9,11H,3-8H2,1-2H3. The Balaban J connectivity index is 2.21. The van der Waals surface area contributed by atoms with E-state index in [0.29, 0.717) is 5.41 Å². The van der Waals surface area contributed by atoms with Gasteiger partial charge in [-0.25, -0.2) is 0 Å². The molecule has 1 aliphatic carbocycles. The second-order valence-electron chi connectivity index (χ2n) is 4.15. The molecular weight excluding hydrogens is 168 g/mol. The summed E-state index contributed by atoms with van der Waals surface area (Å²) in [4.78, 5) is 0. The third-order valence-corrected chi connectivity index (χ3v) is 3.76. The minimum absolute atomic E-state index is 0.0124. The Hall–Kier alpha value is 0.310. The molecule has 0 radical (unpaired) electrons. The number of hydrogen-bond acceptors (Lipinski definition) is 2. The monoisotopic (exact) mass is 188 g/mol. The van der Waals surface area contributed by atoms with Crippen LogP contribution in [0.2, 0.25) is 0 Å². The van der Waals surface area contributed by atoms with Gasteiger partial charge in [-0.2, -0.15) is 11.8 Å². The van der Waals surface area contributed by atoms with E-state index < -0.39 is 0 Å². The number of rotatable bonds is 4. The molecule has 0 aromatic carbocycles. The summed E-state index contributed by atoms with van der Waals surface area (Å²) in [6, 6.07) is 0. The van der Waals surface area contributed by atoms with Gasteiger partial charge in [0.1, 0.15) is 0 Å². The normalized spacial score (nSPS) is 35.8. The van der Waals surface area contributed by atoms with Gasteiger partial charge >= 0.3 is 0 Å². The summed E-state index contributed by atoms with van der Waals surface area (Å²) in [5.74, 6) is 2.48. The van der Waals surface area contributed by atoms with Crippen LogP contribution >= 0.6 is 11.8 Å². The molecule has 2 unspecified atom stereocenters. The van der Waals surface area contributed by atoms with Crippen LogP contribution in [0, 0.1) is 5.41 Å². The zero-order chi connectivity index (χ0) is 9.03. The van der Waals surface area contributed by atoms with Crippen LogP contribution < -0.4 is 0 Å². The van der Waals surface area contributed by atoms with Crippen molar-refractivity contribution >= 4 is 11.8 Å². The molecular formula is C10H20OS. The van der Waals surface area contributed by atoms with Crippen LogP contribution in [0.5, 0.6) is 0 Å². The van der Waals surface area contributed by atoms with Gasteiger partial charge in [0.2, 0.25) is 0 Å². The lowest BCUT2D eigenvalue weighted by Gasteiger charge is -2.22. The summed E-state index contributed by atoms with van der Waals surface area (Å²) in [7, 11) is 0. The molecule has 1 fully saturated rings. The number of aliphatic hydroxyl groups is 1. The maximum Gasteiger partial charge on any atom is 0.0545 e. The first kappa shape index (κ1) is 10.4. The van der Waals surface area contributed by atoms with Gasteiger partial charge in [0.15, 0.2) is 0 Å². The second-order valence-corrected chi connectivity index (χ2v) is 5.55. The van der Waals surface area contributed by atoms with Gasteiger partial charge in [-0.3, -0.25) is 0 Å². The third kappa shape index (κ3) is 2.98. The molecule has 0 aliphatic heterocycles. The van der Waals surface area contributed by atoms with Gasteiger partial charge in [-0.1, -0.05) is 13.8 Å². The minimum Gasteiger partial charge on any atom is -0.393 e. The molecule has 1 aliphatic rings. The Bertz CT molecular complexity index is 138. The highest BCUT2D eigenvalue weighted by atomic mass is 32.2. The van der Waals surface area contributed by atoms with E-state index in [1.165, 1.54) is 24.3 Å². The van der Waals surface area contributed by atoms with Crippen LogP contribution in [-0.4, -0.2) is 22.7 Å². The molecule has 0 spiro atoms. The largest absolute Gasteiger partial charge is 0.393 e. The number of thioether (sulfide) groups is 1. The van der Waals surface area contributed by atoms with Crippen LogP contribution in [0.25, 0.3) is 0 Å². The molecule has 0 aromatic rings. The first-order chi connectivity index (χ1) is 5.66. The fourth-order valence-corrected chi connectivity index (χ4v) is 2.90. The van der Waals surface area contributed by atoms with E-state index >= 15 is 0 Å². The van der Waals surface area contributed by atoms with Crippen LogP contribution in [-0.2, 0) is 0 Å². The Kier molecular flexibility index (Phi) is 3.91. The van der Waals surface area contributed by atoms with E-state index in [2.05, 4.69) is 13.8 Å². The Labute approximate surface area is 79.9 Å². The highest BCUT2D eigenvalue weighted by Crippen LogP contribution is 2.41. The predicted molar refractivity (Wildman–Crippen MR) is 55.6 cm³/mol. The molecule has 1 saturated carbocycles. The lowest BCUT2D eigenvalue weighted by molar-refractivity contribution is 0.163. The lowest BCUT2D eigenvalue weighted by Crippen LogP contribution is -2.14. The van der Waals surface area contributed by atoms with Crippen LogP contribution in [0.1, 0.15) is 39.5 Å². The lowest BCUT2D eigenvalue weighted by atomic mass is 9.86. The Morgan fingerprint density at radius 2 is 2.33 bits per heavy atom. The maximum atomic E-state index is 9.41. The summed E-state index contributed by atoms with van der Waals surface area (Å²) < 4.78 is 0. The van der Waals surface area contributed by atoms with Crippen molar-refractivity contribution in [2.45, 2.75) is 45.6 Å². The van der Waals surface area contributed by atoms with Crippen LogP contribution in [0.15, 0.2) is 0 Å². The zero-order valence-corrected chi connectivity index (χ0v) is 8.99. The Morgan fingerprint density at radius 3 is 2.83 bits per heavy atom. The van der Waals surface area contributed by atoms with E-state index in [4.69, 9.17) is 0 Å². The van der Waals surface area contributed by atoms with E-state index in [-0.39, 0.29) is 6.10 Å². The van der Waals surface area contributed by atoms with Crippen molar-refractivity contribution in [2.24, 2.45) is 5.41 Å². The molecule has 0 saturated heterocycles.